The van der Waals surface area contributed by atoms with Crippen LogP contribution in [0.2, 0.25) is 0 Å². The standard InChI is InChI=1S/C11H11N5OS/c1-17-9-3-2-7(5-14-9)6-15-11-8(4-12)10(13)16-18-11/h2-3,5,15H,6H2,1H3,(H2,13,16). The maximum absolute atomic E-state index is 8.92. The number of pyridine rings is 1. The van der Waals surface area contributed by atoms with Crippen molar-refractivity contribution in [3.63, 3.8) is 0 Å². The molecule has 0 radical (unpaired) electrons. The van der Waals surface area contributed by atoms with E-state index in [1.54, 1.807) is 19.4 Å². The Morgan fingerprint density at radius 1 is 1.56 bits per heavy atom. The van der Waals surface area contributed by atoms with Gasteiger partial charge in [-0.1, -0.05) is 6.07 Å². The van der Waals surface area contributed by atoms with Crippen molar-refractivity contribution in [2.45, 2.75) is 6.54 Å². The van der Waals surface area contributed by atoms with E-state index in [4.69, 9.17) is 15.7 Å². The van der Waals surface area contributed by atoms with Crippen LogP contribution in [0, 0.1) is 11.3 Å². The van der Waals surface area contributed by atoms with E-state index in [1.165, 1.54) is 11.5 Å². The van der Waals surface area contributed by atoms with Crippen LogP contribution in [-0.2, 0) is 6.54 Å². The van der Waals surface area contributed by atoms with E-state index in [0.29, 0.717) is 23.0 Å². The molecule has 2 rings (SSSR count). The Labute approximate surface area is 108 Å². The van der Waals surface area contributed by atoms with Crippen LogP contribution in [0.15, 0.2) is 18.3 Å². The Morgan fingerprint density at radius 2 is 2.39 bits per heavy atom. The number of nitrogens with zero attached hydrogens (tertiary/aromatic N) is 3. The summed E-state index contributed by atoms with van der Waals surface area (Å²) in [5, 5.41) is 12.7. The van der Waals surface area contributed by atoms with Crippen LogP contribution in [0.25, 0.3) is 0 Å². The van der Waals surface area contributed by atoms with Gasteiger partial charge in [0.15, 0.2) is 5.82 Å². The molecule has 0 spiro atoms. The number of aromatic nitrogens is 2. The van der Waals surface area contributed by atoms with Gasteiger partial charge in [-0.2, -0.15) is 9.64 Å². The summed E-state index contributed by atoms with van der Waals surface area (Å²) in [6.07, 6.45) is 1.71. The van der Waals surface area contributed by atoms with Gasteiger partial charge in [0.25, 0.3) is 0 Å². The second-order valence-corrected chi connectivity index (χ2v) is 4.22. The van der Waals surface area contributed by atoms with Crippen molar-refractivity contribution in [2.75, 3.05) is 18.2 Å². The summed E-state index contributed by atoms with van der Waals surface area (Å²) in [6, 6.07) is 5.70. The molecular formula is C11H11N5OS. The van der Waals surface area contributed by atoms with Crippen LogP contribution in [-0.4, -0.2) is 16.5 Å². The Bertz CT molecular complexity index is 572. The average molecular weight is 261 g/mol. The molecule has 92 valence electrons. The number of hydrogen-bond donors (Lipinski definition) is 2. The van der Waals surface area contributed by atoms with Gasteiger partial charge >= 0.3 is 0 Å². The van der Waals surface area contributed by atoms with E-state index < -0.39 is 0 Å². The zero-order valence-corrected chi connectivity index (χ0v) is 10.5. The topological polar surface area (TPSA) is 96.9 Å². The maximum Gasteiger partial charge on any atom is 0.212 e. The molecule has 3 N–H and O–H groups in total. The van der Waals surface area contributed by atoms with Gasteiger partial charge < -0.3 is 15.8 Å². The van der Waals surface area contributed by atoms with E-state index in [1.807, 2.05) is 12.1 Å². The average Bonchev–Trinajstić information content (AvgIpc) is 2.77. The quantitative estimate of drug-likeness (QED) is 0.867. The monoisotopic (exact) mass is 261 g/mol. The second kappa shape index (κ2) is 5.33. The Morgan fingerprint density at radius 3 is 3.00 bits per heavy atom. The van der Waals surface area contributed by atoms with Crippen molar-refractivity contribution in [1.82, 2.24) is 9.36 Å². The number of ether oxygens (including phenoxy) is 1. The van der Waals surface area contributed by atoms with Crippen LogP contribution < -0.4 is 15.8 Å². The minimum atomic E-state index is 0.262. The van der Waals surface area contributed by atoms with Crippen LogP contribution in [0.5, 0.6) is 5.88 Å². The molecule has 2 aromatic heterocycles. The van der Waals surface area contributed by atoms with Crippen LogP contribution in [0.4, 0.5) is 10.8 Å². The number of rotatable bonds is 4. The molecule has 2 aromatic rings. The maximum atomic E-state index is 8.92. The molecule has 0 amide bonds. The van der Waals surface area contributed by atoms with Crippen LogP contribution in [0.1, 0.15) is 11.1 Å². The number of anilines is 2. The molecule has 0 aromatic carbocycles. The highest BCUT2D eigenvalue weighted by atomic mass is 32.1. The SMILES string of the molecule is COc1ccc(CNc2snc(N)c2C#N)cn1. The highest BCUT2D eigenvalue weighted by molar-refractivity contribution is 7.10. The van der Waals surface area contributed by atoms with Crippen molar-refractivity contribution in [2.24, 2.45) is 0 Å². The number of methoxy groups -OCH3 is 1. The second-order valence-electron chi connectivity index (χ2n) is 3.45. The third-order valence-corrected chi connectivity index (χ3v) is 3.11. The molecule has 0 saturated heterocycles. The van der Waals surface area contributed by atoms with E-state index in [2.05, 4.69) is 14.7 Å². The summed E-state index contributed by atoms with van der Waals surface area (Å²) < 4.78 is 8.90. The van der Waals surface area contributed by atoms with Gasteiger partial charge in [0.1, 0.15) is 16.6 Å². The summed E-state index contributed by atoms with van der Waals surface area (Å²) >= 11 is 1.17. The van der Waals surface area contributed by atoms with Crippen molar-refractivity contribution in [1.29, 1.82) is 5.26 Å². The molecule has 7 heteroatoms. The zero-order chi connectivity index (χ0) is 13.0. The zero-order valence-electron chi connectivity index (χ0n) is 9.67. The summed E-state index contributed by atoms with van der Waals surface area (Å²) in [5.41, 5.74) is 6.94. The molecule has 0 saturated carbocycles. The van der Waals surface area contributed by atoms with Gasteiger partial charge in [0, 0.05) is 18.8 Å². The number of hydrogen-bond acceptors (Lipinski definition) is 7. The van der Waals surface area contributed by atoms with Crippen molar-refractivity contribution in [3.8, 4) is 11.9 Å². The lowest BCUT2D eigenvalue weighted by Crippen LogP contribution is -2.00. The molecule has 6 nitrogen and oxygen atoms in total. The van der Waals surface area contributed by atoms with Crippen molar-refractivity contribution in [3.05, 3.63) is 29.5 Å². The first-order valence-electron chi connectivity index (χ1n) is 5.12. The molecule has 0 fully saturated rings. The minimum Gasteiger partial charge on any atom is -0.481 e. The van der Waals surface area contributed by atoms with E-state index in [9.17, 15) is 0 Å². The van der Waals surface area contributed by atoms with Crippen molar-refractivity contribution < 1.29 is 4.74 Å². The first-order valence-corrected chi connectivity index (χ1v) is 5.90. The van der Waals surface area contributed by atoms with Gasteiger partial charge in [-0.05, 0) is 17.1 Å². The smallest absolute Gasteiger partial charge is 0.212 e. The van der Waals surface area contributed by atoms with E-state index in [-0.39, 0.29) is 5.82 Å². The molecule has 0 aliphatic rings. The fourth-order valence-corrected chi connectivity index (χ4v) is 2.01. The predicted octanol–water partition coefficient (Wildman–Crippen LogP) is 1.61. The minimum absolute atomic E-state index is 0.262. The molecular weight excluding hydrogens is 250 g/mol. The number of nitrogens with two attached hydrogens (primary N) is 1. The Hall–Kier alpha value is -2.33. The lowest BCUT2D eigenvalue weighted by Gasteiger charge is -2.04. The molecule has 2 heterocycles. The fourth-order valence-electron chi connectivity index (χ4n) is 1.35. The number of nitriles is 1. The molecule has 18 heavy (non-hydrogen) atoms. The first-order chi connectivity index (χ1) is 8.74. The van der Waals surface area contributed by atoms with Gasteiger partial charge in [-0.3, -0.25) is 0 Å². The number of nitrogens with one attached hydrogen (secondary N) is 1. The van der Waals surface area contributed by atoms with Crippen molar-refractivity contribution >= 4 is 22.4 Å². The first kappa shape index (κ1) is 12.1. The molecule has 0 aliphatic heterocycles. The highest BCUT2D eigenvalue weighted by Gasteiger charge is 2.10. The van der Waals surface area contributed by atoms with Gasteiger partial charge in [0.05, 0.1) is 7.11 Å². The summed E-state index contributed by atoms with van der Waals surface area (Å²) in [5.74, 6) is 0.830. The summed E-state index contributed by atoms with van der Waals surface area (Å²) in [4.78, 5) is 4.09. The Balaban J connectivity index is 2.04. The van der Waals surface area contributed by atoms with Gasteiger partial charge in [0.2, 0.25) is 5.88 Å². The fraction of sp³-hybridized carbons (Fsp3) is 0.182. The van der Waals surface area contributed by atoms with Crippen LogP contribution in [0.3, 0.4) is 0 Å². The lowest BCUT2D eigenvalue weighted by molar-refractivity contribution is 0.397. The molecule has 0 atom stereocenters. The summed E-state index contributed by atoms with van der Waals surface area (Å²) in [6.45, 7) is 0.549. The normalized spacial score (nSPS) is 9.78. The summed E-state index contributed by atoms with van der Waals surface area (Å²) in [7, 11) is 1.57. The third-order valence-electron chi connectivity index (χ3n) is 2.29. The largest absolute Gasteiger partial charge is 0.481 e. The van der Waals surface area contributed by atoms with E-state index >= 15 is 0 Å². The number of nitrogen functional groups attached to an aromatic ring is 1. The third kappa shape index (κ3) is 2.49. The Kier molecular flexibility index (Phi) is 3.60. The van der Waals surface area contributed by atoms with Crippen LogP contribution >= 0.6 is 11.5 Å². The molecule has 0 aliphatic carbocycles. The van der Waals surface area contributed by atoms with E-state index in [0.717, 1.165) is 5.56 Å². The predicted molar refractivity (Wildman–Crippen MR) is 69.4 cm³/mol. The highest BCUT2D eigenvalue weighted by Crippen LogP contribution is 2.26. The van der Waals surface area contributed by atoms with Gasteiger partial charge in [-0.15, -0.1) is 0 Å². The molecule has 0 bridgehead atoms. The lowest BCUT2D eigenvalue weighted by atomic mass is 10.3. The molecule has 0 unspecified atom stereocenters. The van der Waals surface area contributed by atoms with Gasteiger partial charge in [-0.25, -0.2) is 4.98 Å².